The normalized spacial score (nSPS) is 8.23. The molecule has 0 saturated carbocycles. The molecular weight excluding hydrogens is 164 g/mol. The van der Waals surface area contributed by atoms with E-state index in [2.05, 4.69) is 5.32 Å². The van der Waals surface area contributed by atoms with Gasteiger partial charge in [0.2, 0.25) is 5.91 Å². The van der Waals surface area contributed by atoms with E-state index in [4.69, 9.17) is 5.73 Å². The molecule has 3 N–H and O–H groups in total. The van der Waals surface area contributed by atoms with Crippen molar-refractivity contribution in [2.45, 2.75) is 20.8 Å². The van der Waals surface area contributed by atoms with Gasteiger partial charge < -0.3 is 11.1 Å². The van der Waals surface area contributed by atoms with Gasteiger partial charge in [0.05, 0.1) is 0 Å². The molecule has 0 radical (unpaired) electrons. The first-order valence-corrected chi connectivity index (χ1v) is 4.31. The number of amides is 1. The summed E-state index contributed by atoms with van der Waals surface area (Å²) < 4.78 is 0. The van der Waals surface area contributed by atoms with Gasteiger partial charge >= 0.3 is 0 Å². The predicted octanol–water partition coefficient (Wildman–Crippen LogP) is 2.25. The van der Waals surface area contributed by atoms with Gasteiger partial charge in [0.1, 0.15) is 0 Å². The second-order valence-corrected chi connectivity index (χ2v) is 2.30. The van der Waals surface area contributed by atoms with Crippen LogP contribution < -0.4 is 11.1 Å². The van der Waals surface area contributed by atoms with E-state index < -0.39 is 0 Å². The van der Waals surface area contributed by atoms with Gasteiger partial charge in [0.15, 0.2) is 0 Å². The van der Waals surface area contributed by atoms with Gasteiger partial charge in [-0.05, 0) is 24.3 Å². The van der Waals surface area contributed by atoms with Gasteiger partial charge in [-0.25, -0.2) is 0 Å². The van der Waals surface area contributed by atoms with Crippen LogP contribution in [0, 0.1) is 0 Å². The first kappa shape index (κ1) is 11.5. The summed E-state index contributed by atoms with van der Waals surface area (Å²) in [5.41, 5.74) is 6.91. The zero-order valence-electron chi connectivity index (χ0n) is 8.29. The molecule has 3 nitrogen and oxygen atoms in total. The number of hydrogen-bond acceptors (Lipinski definition) is 2. The molecule has 0 spiro atoms. The molecule has 1 aromatic rings. The number of nitrogens with one attached hydrogen (secondary N) is 1. The highest BCUT2D eigenvalue weighted by molar-refractivity contribution is 5.88. The fraction of sp³-hybridized carbons (Fsp3) is 0.300. The lowest BCUT2D eigenvalue weighted by Crippen LogP contribution is -2.05. The Kier molecular flexibility index (Phi) is 5.35. The number of nitrogen functional groups attached to an aromatic ring is 1. The van der Waals surface area contributed by atoms with Crippen molar-refractivity contribution in [2.24, 2.45) is 0 Å². The summed E-state index contributed by atoms with van der Waals surface area (Å²) in [4.78, 5) is 10.6. The third-order valence-corrected chi connectivity index (χ3v) is 1.23. The fourth-order valence-electron chi connectivity index (χ4n) is 0.770. The number of rotatable bonds is 1. The van der Waals surface area contributed by atoms with E-state index >= 15 is 0 Å². The van der Waals surface area contributed by atoms with Crippen LogP contribution in [0.4, 0.5) is 11.4 Å². The summed E-state index contributed by atoms with van der Waals surface area (Å²) in [6.45, 7) is 5.47. The molecular formula is C10H16N2O. The van der Waals surface area contributed by atoms with Crippen LogP contribution in [0.15, 0.2) is 24.3 Å². The van der Waals surface area contributed by atoms with Crippen LogP contribution in [0.5, 0.6) is 0 Å². The van der Waals surface area contributed by atoms with E-state index in [1.807, 2.05) is 13.8 Å². The monoisotopic (exact) mass is 180 g/mol. The summed E-state index contributed by atoms with van der Waals surface area (Å²) in [7, 11) is 0. The topological polar surface area (TPSA) is 55.1 Å². The summed E-state index contributed by atoms with van der Waals surface area (Å²) in [6.07, 6.45) is 0. The molecule has 0 aliphatic rings. The second-order valence-electron chi connectivity index (χ2n) is 2.30. The minimum atomic E-state index is -0.0743. The molecule has 0 aromatic heterocycles. The van der Waals surface area contributed by atoms with E-state index in [-0.39, 0.29) is 5.91 Å². The van der Waals surface area contributed by atoms with Crippen LogP contribution in [0.1, 0.15) is 20.8 Å². The Bertz CT molecular complexity index is 254. The molecule has 3 heteroatoms. The molecule has 0 fully saturated rings. The zero-order valence-corrected chi connectivity index (χ0v) is 8.29. The first-order chi connectivity index (χ1) is 6.18. The molecule has 1 aromatic carbocycles. The molecule has 1 rings (SSSR count). The number of carbonyl (C=O) groups is 1. The lowest BCUT2D eigenvalue weighted by Gasteiger charge is -2.00. The van der Waals surface area contributed by atoms with Gasteiger partial charge in [-0.15, -0.1) is 0 Å². The molecule has 0 unspecified atom stereocenters. The SMILES string of the molecule is CC.CC(=O)Nc1ccc(N)cc1. The van der Waals surface area contributed by atoms with Crippen LogP contribution in [-0.2, 0) is 4.79 Å². The quantitative estimate of drug-likeness (QED) is 0.651. The molecule has 0 saturated heterocycles. The number of carbonyl (C=O) groups excluding carboxylic acids is 1. The van der Waals surface area contributed by atoms with E-state index in [1.54, 1.807) is 24.3 Å². The van der Waals surface area contributed by atoms with E-state index in [1.165, 1.54) is 6.92 Å². The van der Waals surface area contributed by atoms with Crippen LogP contribution in [0.2, 0.25) is 0 Å². The largest absolute Gasteiger partial charge is 0.399 e. The van der Waals surface area contributed by atoms with Gasteiger partial charge in [0.25, 0.3) is 0 Å². The number of benzene rings is 1. The van der Waals surface area contributed by atoms with Crippen LogP contribution in [0.25, 0.3) is 0 Å². The summed E-state index contributed by atoms with van der Waals surface area (Å²) in [5, 5.41) is 2.64. The van der Waals surface area contributed by atoms with Crippen molar-refractivity contribution in [2.75, 3.05) is 11.1 Å². The van der Waals surface area contributed by atoms with Crippen LogP contribution in [-0.4, -0.2) is 5.91 Å². The maximum absolute atomic E-state index is 10.6. The standard InChI is InChI=1S/C8H10N2O.C2H6/c1-6(11)10-8-4-2-7(9)3-5-8;1-2/h2-5H,9H2,1H3,(H,10,11);1-2H3. The molecule has 0 aliphatic heterocycles. The molecule has 1 amide bonds. The number of anilines is 2. The average Bonchev–Trinajstić information content (AvgIpc) is 2.12. The number of nitrogens with two attached hydrogens (primary N) is 1. The predicted molar refractivity (Wildman–Crippen MR) is 56.5 cm³/mol. The first-order valence-electron chi connectivity index (χ1n) is 4.31. The second kappa shape index (κ2) is 6.06. The van der Waals surface area contributed by atoms with Gasteiger partial charge in [-0.1, -0.05) is 13.8 Å². The lowest BCUT2D eigenvalue weighted by molar-refractivity contribution is -0.114. The van der Waals surface area contributed by atoms with E-state index in [0.717, 1.165) is 5.69 Å². The Morgan fingerprint density at radius 2 is 1.69 bits per heavy atom. The van der Waals surface area contributed by atoms with Crippen molar-refractivity contribution in [3.63, 3.8) is 0 Å². The fourth-order valence-corrected chi connectivity index (χ4v) is 0.770. The highest BCUT2D eigenvalue weighted by atomic mass is 16.1. The Morgan fingerprint density at radius 1 is 1.23 bits per heavy atom. The Balaban J connectivity index is 0.000000671. The third kappa shape index (κ3) is 4.85. The zero-order chi connectivity index (χ0) is 10.3. The maximum atomic E-state index is 10.6. The van der Waals surface area contributed by atoms with E-state index in [9.17, 15) is 4.79 Å². The van der Waals surface area contributed by atoms with Crippen molar-refractivity contribution < 1.29 is 4.79 Å². The molecule has 72 valence electrons. The van der Waals surface area contributed by atoms with Crippen molar-refractivity contribution in [1.29, 1.82) is 0 Å². The molecule has 0 atom stereocenters. The van der Waals surface area contributed by atoms with E-state index in [0.29, 0.717) is 5.69 Å². The highest BCUT2D eigenvalue weighted by Crippen LogP contribution is 2.09. The van der Waals surface area contributed by atoms with Crippen molar-refractivity contribution in [1.82, 2.24) is 0 Å². The highest BCUT2D eigenvalue weighted by Gasteiger charge is 1.92. The Morgan fingerprint density at radius 3 is 2.08 bits per heavy atom. The summed E-state index contributed by atoms with van der Waals surface area (Å²) in [6, 6.07) is 7.00. The van der Waals surface area contributed by atoms with Gasteiger partial charge in [-0.2, -0.15) is 0 Å². The molecule has 0 aliphatic carbocycles. The molecule has 0 bridgehead atoms. The van der Waals surface area contributed by atoms with Gasteiger partial charge in [0, 0.05) is 18.3 Å². The summed E-state index contributed by atoms with van der Waals surface area (Å²) >= 11 is 0. The van der Waals surface area contributed by atoms with Crippen LogP contribution >= 0.6 is 0 Å². The average molecular weight is 180 g/mol. The third-order valence-electron chi connectivity index (χ3n) is 1.23. The van der Waals surface area contributed by atoms with Crippen molar-refractivity contribution in [3.05, 3.63) is 24.3 Å². The Hall–Kier alpha value is -1.51. The van der Waals surface area contributed by atoms with Crippen molar-refractivity contribution >= 4 is 17.3 Å². The number of hydrogen-bond donors (Lipinski definition) is 2. The smallest absolute Gasteiger partial charge is 0.221 e. The van der Waals surface area contributed by atoms with Crippen LogP contribution in [0.3, 0.4) is 0 Å². The molecule has 0 heterocycles. The molecule has 13 heavy (non-hydrogen) atoms. The lowest BCUT2D eigenvalue weighted by atomic mass is 10.3. The maximum Gasteiger partial charge on any atom is 0.221 e. The minimum Gasteiger partial charge on any atom is -0.399 e. The van der Waals surface area contributed by atoms with Crippen molar-refractivity contribution in [3.8, 4) is 0 Å². The Labute approximate surface area is 78.9 Å². The summed E-state index contributed by atoms with van der Waals surface area (Å²) in [5.74, 6) is -0.0743. The minimum absolute atomic E-state index is 0.0743. The van der Waals surface area contributed by atoms with Gasteiger partial charge in [-0.3, -0.25) is 4.79 Å².